The van der Waals surface area contributed by atoms with Gasteiger partial charge >= 0.3 is 0 Å². The number of anilines is 3. The molecule has 0 amide bonds. The molecule has 142 valence electrons. The topological polar surface area (TPSA) is 86.2 Å². The molecule has 0 bridgehead atoms. The van der Waals surface area contributed by atoms with Crippen LogP contribution >= 0.6 is 0 Å². The molecule has 1 spiro atoms. The molecule has 5 rings (SSSR count). The van der Waals surface area contributed by atoms with Crippen molar-refractivity contribution in [3.8, 4) is 0 Å². The summed E-state index contributed by atoms with van der Waals surface area (Å²) >= 11 is 0. The van der Waals surface area contributed by atoms with Gasteiger partial charge in [-0.1, -0.05) is 0 Å². The molecule has 27 heavy (non-hydrogen) atoms. The number of nitrogens with one attached hydrogen (secondary N) is 1. The Morgan fingerprint density at radius 3 is 2.37 bits per heavy atom. The fraction of sp³-hybridized carbons (Fsp3) is 0.611. The number of piperidine rings is 1. The van der Waals surface area contributed by atoms with Crippen LogP contribution in [-0.4, -0.2) is 77.3 Å². The molecule has 5 heterocycles. The molecule has 3 aliphatic rings. The molecule has 1 N–H and O–H groups in total. The fourth-order valence-electron chi connectivity index (χ4n) is 4.40. The quantitative estimate of drug-likeness (QED) is 0.816. The normalized spacial score (nSPS) is 22.0. The third-order valence-corrected chi connectivity index (χ3v) is 5.90. The van der Waals surface area contributed by atoms with Gasteiger partial charge in [-0.15, -0.1) is 0 Å². The molecule has 0 aromatic carbocycles. The maximum Gasteiger partial charge on any atom is 0.230 e. The van der Waals surface area contributed by atoms with Crippen LogP contribution < -0.4 is 20.0 Å². The van der Waals surface area contributed by atoms with Gasteiger partial charge in [-0.25, -0.2) is 19.9 Å². The van der Waals surface area contributed by atoms with Crippen LogP contribution in [0.5, 0.6) is 0 Å². The van der Waals surface area contributed by atoms with Crippen LogP contribution in [0.3, 0.4) is 0 Å². The molecule has 3 aliphatic heterocycles. The van der Waals surface area contributed by atoms with E-state index >= 15 is 0 Å². The maximum absolute atomic E-state index is 4.76. The molecule has 9 heteroatoms. The zero-order valence-electron chi connectivity index (χ0n) is 15.5. The van der Waals surface area contributed by atoms with Crippen LogP contribution in [-0.2, 0) is 0 Å². The minimum Gasteiger partial charge on any atom is -0.353 e. The van der Waals surface area contributed by atoms with Crippen molar-refractivity contribution >= 4 is 17.7 Å². The first-order valence-corrected chi connectivity index (χ1v) is 9.72. The van der Waals surface area contributed by atoms with Crippen LogP contribution in [0.15, 0.2) is 24.9 Å². The molecule has 0 saturated carbocycles. The number of hydrogen-bond acceptors (Lipinski definition) is 9. The first-order valence-electron chi connectivity index (χ1n) is 9.72. The van der Waals surface area contributed by atoms with Crippen molar-refractivity contribution in [3.63, 3.8) is 0 Å². The van der Waals surface area contributed by atoms with E-state index in [0.717, 1.165) is 70.1 Å². The SMILES string of the molecule is c1cc(N2CCN(c3ncnc(N4CC5(CCCNC5)C4)n3)CC2)ncn1. The summed E-state index contributed by atoms with van der Waals surface area (Å²) in [6.07, 6.45) is 7.61. The van der Waals surface area contributed by atoms with Gasteiger partial charge in [-0.2, -0.15) is 4.98 Å². The van der Waals surface area contributed by atoms with Gasteiger partial charge < -0.3 is 20.0 Å². The predicted molar refractivity (Wildman–Crippen MR) is 103 cm³/mol. The molecular weight excluding hydrogens is 342 g/mol. The van der Waals surface area contributed by atoms with Crippen molar-refractivity contribution in [2.75, 3.05) is 67.1 Å². The van der Waals surface area contributed by atoms with E-state index < -0.39 is 0 Å². The lowest BCUT2D eigenvalue weighted by Gasteiger charge is -2.52. The Labute approximate surface area is 158 Å². The van der Waals surface area contributed by atoms with E-state index in [9.17, 15) is 0 Å². The number of piperazine rings is 1. The summed E-state index contributed by atoms with van der Waals surface area (Å²) in [7, 11) is 0. The second-order valence-electron chi connectivity index (χ2n) is 7.76. The molecular formula is C18H25N9. The van der Waals surface area contributed by atoms with E-state index in [1.165, 1.54) is 12.8 Å². The van der Waals surface area contributed by atoms with E-state index in [4.69, 9.17) is 4.98 Å². The fourth-order valence-corrected chi connectivity index (χ4v) is 4.40. The minimum absolute atomic E-state index is 0.425. The Morgan fingerprint density at radius 2 is 1.67 bits per heavy atom. The highest BCUT2D eigenvalue weighted by molar-refractivity contribution is 5.44. The van der Waals surface area contributed by atoms with Crippen LogP contribution in [0, 0.1) is 5.41 Å². The summed E-state index contributed by atoms with van der Waals surface area (Å²) < 4.78 is 0. The van der Waals surface area contributed by atoms with Crippen molar-refractivity contribution in [3.05, 3.63) is 24.9 Å². The van der Waals surface area contributed by atoms with Gasteiger partial charge in [-0.05, 0) is 25.5 Å². The van der Waals surface area contributed by atoms with Gasteiger partial charge in [0.15, 0.2) is 0 Å². The number of rotatable bonds is 3. The monoisotopic (exact) mass is 367 g/mol. The van der Waals surface area contributed by atoms with Crippen LogP contribution in [0.25, 0.3) is 0 Å². The summed E-state index contributed by atoms with van der Waals surface area (Å²) in [5.41, 5.74) is 0.425. The highest BCUT2D eigenvalue weighted by atomic mass is 15.4. The lowest BCUT2D eigenvalue weighted by molar-refractivity contribution is 0.155. The van der Waals surface area contributed by atoms with E-state index in [0.29, 0.717) is 5.41 Å². The standard InChI is InChI=1S/C18H25N9/c1-3-18(10-19-4-1)11-27(12-18)17-23-14-22-16(24-17)26-8-6-25(7-9-26)15-2-5-20-13-21-15/h2,5,13-14,19H,1,3-4,6-12H2. The Morgan fingerprint density at radius 1 is 0.889 bits per heavy atom. The highest BCUT2D eigenvalue weighted by Gasteiger charge is 2.44. The summed E-state index contributed by atoms with van der Waals surface area (Å²) in [5, 5.41) is 3.53. The van der Waals surface area contributed by atoms with Crippen LogP contribution in [0.4, 0.5) is 17.7 Å². The summed E-state index contributed by atoms with van der Waals surface area (Å²) in [6, 6.07) is 1.95. The summed E-state index contributed by atoms with van der Waals surface area (Å²) in [4.78, 5) is 28.7. The lowest BCUT2D eigenvalue weighted by Crippen LogP contribution is -2.63. The first-order chi connectivity index (χ1) is 13.3. The molecule has 2 aromatic rings. The Bertz CT molecular complexity index is 761. The highest BCUT2D eigenvalue weighted by Crippen LogP contribution is 2.38. The lowest BCUT2D eigenvalue weighted by atomic mass is 9.74. The number of hydrogen-bond donors (Lipinski definition) is 1. The Kier molecular flexibility index (Phi) is 4.23. The molecule has 3 fully saturated rings. The van der Waals surface area contributed by atoms with Gasteiger partial charge in [-0.3, -0.25) is 0 Å². The Balaban J connectivity index is 1.22. The second kappa shape index (κ2) is 6.88. The molecule has 0 aliphatic carbocycles. The summed E-state index contributed by atoms with van der Waals surface area (Å²) in [6.45, 7) is 7.91. The maximum atomic E-state index is 4.76. The van der Waals surface area contributed by atoms with Gasteiger partial charge in [0.25, 0.3) is 0 Å². The minimum atomic E-state index is 0.425. The van der Waals surface area contributed by atoms with Crippen molar-refractivity contribution in [2.45, 2.75) is 12.8 Å². The molecule has 2 aromatic heterocycles. The van der Waals surface area contributed by atoms with E-state index in [-0.39, 0.29) is 0 Å². The van der Waals surface area contributed by atoms with Gasteiger partial charge in [0.1, 0.15) is 18.5 Å². The number of nitrogens with zero attached hydrogens (tertiary/aromatic N) is 8. The molecule has 3 saturated heterocycles. The van der Waals surface area contributed by atoms with Gasteiger partial charge in [0.05, 0.1) is 0 Å². The van der Waals surface area contributed by atoms with Crippen LogP contribution in [0.2, 0.25) is 0 Å². The van der Waals surface area contributed by atoms with Crippen molar-refractivity contribution in [2.24, 2.45) is 5.41 Å². The average molecular weight is 367 g/mol. The van der Waals surface area contributed by atoms with E-state index in [2.05, 4.69) is 40.0 Å². The average Bonchev–Trinajstić information content (AvgIpc) is 2.73. The zero-order chi connectivity index (χ0) is 18.1. The molecule has 0 unspecified atom stereocenters. The largest absolute Gasteiger partial charge is 0.353 e. The van der Waals surface area contributed by atoms with E-state index in [1.807, 2.05) is 6.07 Å². The smallest absolute Gasteiger partial charge is 0.230 e. The van der Waals surface area contributed by atoms with Crippen molar-refractivity contribution in [1.29, 1.82) is 0 Å². The third kappa shape index (κ3) is 3.27. The van der Waals surface area contributed by atoms with E-state index in [1.54, 1.807) is 18.9 Å². The molecule has 9 nitrogen and oxygen atoms in total. The van der Waals surface area contributed by atoms with Crippen LogP contribution in [0.1, 0.15) is 12.8 Å². The van der Waals surface area contributed by atoms with Crippen molar-refractivity contribution in [1.82, 2.24) is 30.2 Å². The van der Waals surface area contributed by atoms with Gasteiger partial charge in [0.2, 0.25) is 11.9 Å². The van der Waals surface area contributed by atoms with Crippen molar-refractivity contribution < 1.29 is 0 Å². The zero-order valence-corrected chi connectivity index (χ0v) is 15.5. The van der Waals surface area contributed by atoms with Gasteiger partial charge in [0, 0.05) is 57.4 Å². The molecule has 0 radical (unpaired) electrons. The first kappa shape index (κ1) is 16.6. The third-order valence-electron chi connectivity index (χ3n) is 5.90. The Hall–Kier alpha value is -2.55. The summed E-state index contributed by atoms with van der Waals surface area (Å²) in [5.74, 6) is 2.58. The molecule has 0 atom stereocenters. The second-order valence-corrected chi connectivity index (χ2v) is 7.76. The number of aromatic nitrogens is 5. The predicted octanol–water partition coefficient (Wildman–Crippen LogP) is 0.178.